The predicted octanol–water partition coefficient (Wildman–Crippen LogP) is 2.52. The van der Waals surface area contributed by atoms with Gasteiger partial charge in [-0.05, 0) is 26.3 Å². The minimum Gasteiger partial charge on any atom is -0.305 e. The van der Waals surface area contributed by atoms with Crippen molar-refractivity contribution in [3.63, 3.8) is 0 Å². The molecule has 1 aromatic rings. The maximum absolute atomic E-state index is 4.51. The summed E-state index contributed by atoms with van der Waals surface area (Å²) in [4.78, 5) is 0. The summed E-state index contributed by atoms with van der Waals surface area (Å²) >= 11 is 0. The van der Waals surface area contributed by atoms with Gasteiger partial charge in [0.25, 0.3) is 0 Å². The normalized spacial score (nSPS) is 14.9. The molecule has 0 radical (unpaired) electrons. The van der Waals surface area contributed by atoms with Crippen LogP contribution in [0.4, 0.5) is 0 Å². The Morgan fingerprint density at radius 1 is 1.60 bits per heavy atom. The average molecular weight is 207 g/mol. The molecule has 1 rings (SSSR count). The van der Waals surface area contributed by atoms with Gasteiger partial charge in [-0.3, -0.25) is 4.68 Å². The number of nitrogens with one attached hydrogen (secondary N) is 1. The average Bonchev–Trinajstić information content (AvgIpc) is 2.73. The summed E-state index contributed by atoms with van der Waals surface area (Å²) in [6.07, 6.45) is 5.05. The Labute approximate surface area is 92.2 Å². The molecule has 3 heteroatoms. The van der Waals surface area contributed by atoms with Crippen molar-refractivity contribution in [1.82, 2.24) is 15.1 Å². The van der Waals surface area contributed by atoms with E-state index in [1.165, 1.54) is 0 Å². The molecule has 84 valence electrons. The molecule has 0 bridgehead atoms. The van der Waals surface area contributed by atoms with Crippen LogP contribution in [0.1, 0.15) is 38.9 Å². The first-order valence-corrected chi connectivity index (χ1v) is 5.57. The monoisotopic (exact) mass is 207 g/mol. The quantitative estimate of drug-likeness (QED) is 0.726. The van der Waals surface area contributed by atoms with Crippen molar-refractivity contribution in [3.8, 4) is 0 Å². The second-order valence-corrected chi connectivity index (χ2v) is 3.95. The molecule has 2 unspecified atom stereocenters. The summed E-state index contributed by atoms with van der Waals surface area (Å²) in [5.74, 6) is 0. The minimum atomic E-state index is 0.332. The summed E-state index contributed by atoms with van der Waals surface area (Å²) in [5.41, 5.74) is 1.09. The molecule has 0 amide bonds. The largest absolute Gasteiger partial charge is 0.305 e. The van der Waals surface area contributed by atoms with Crippen molar-refractivity contribution in [1.29, 1.82) is 0 Å². The second kappa shape index (κ2) is 5.71. The van der Waals surface area contributed by atoms with Gasteiger partial charge in [0.2, 0.25) is 0 Å². The molecular weight excluding hydrogens is 186 g/mol. The van der Waals surface area contributed by atoms with Crippen molar-refractivity contribution in [2.45, 2.75) is 45.8 Å². The highest BCUT2D eigenvalue weighted by atomic mass is 15.3. The van der Waals surface area contributed by atoms with Crippen molar-refractivity contribution in [2.75, 3.05) is 0 Å². The van der Waals surface area contributed by atoms with E-state index in [4.69, 9.17) is 0 Å². The first-order chi connectivity index (χ1) is 7.17. The molecule has 0 aliphatic heterocycles. The van der Waals surface area contributed by atoms with Crippen molar-refractivity contribution in [3.05, 3.63) is 30.6 Å². The molecule has 0 aromatic carbocycles. The van der Waals surface area contributed by atoms with Crippen LogP contribution in [-0.2, 0) is 6.54 Å². The first kappa shape index (κ1) is 12.0. The van der Waals surface area contributed by atoms with Gasteiger partial charge in [0.05, 0.1) is 5.69 Å². The van der Waals surface area contributed by atoms with Crippen molar-refractivity contribution in [2.24, 2.45) is 0 Å². The van der Waals surface area contributed by atoms with Crippen LogP contribution in [0.5, 0.6) is 0 Å². The summed E-state index contributed by atoms with van der Waals surface area (Å²) < 4.78 is 2.02. The van der Waals surface area contributed by atoms with Gasteiger partial charge >= 0.3 is 0 Å². The standard InChI is InChI=1S/C12H21N3/c1-5-10(3)13-9-12-7-8-15(14-12)11(4)6-2/h5,7-8,10-11,13H,1,6,9H2,2-4H3. The molecule has 1 N–H and O–H groups in total. The third-order valence-corrected chi connectivity index (χ3v) is 2.66. The summed E-state index contributed by atoms with van der Waals surface area (Å²) in [5, 5.41) is 7.83. The van der Waals surface area contributed by atoms with Crippen LogP contribution in [0, 0.1) is 0 Å². The molecule has 0 saturated heterocycles. The molecule has 15 heavy (non-hydrogen) atoms. The topological polar surface area (TPSA) is 29.9 Å². The zero-order chi connectivity index (χ0) is 11.3. The zero-order valence-electron chi connectivity index (χ0n) is 9.90. The smallest absolute Gasteiger partial charge is 0.0762 e. The highest BCUT2D eigenvalue weighted by Gasteiger charge is 2.04. The number of aromatic nitrogens is 2. The summed E-state index contributed by atoms with van der Waals surface area (Å²) in [6, 6.07) is 2.88. The maximum Gasteiger partial charge on any atom is 0.0762 e. The zero-order valence-corrected chi connectivity index (χ0v) is 9.90. The van der Waals surface area contributed by atoms with E-state index in [0.717, 1.165) is 18.7 Å². The molecule has 1 aromatic heterocycles. The van der Waals surface area contributed by atoms with E-state index in [0.29, 0.717) is 12.1 Å². The van der Waals surface area contributed by atoms with Crippen LogP contribution in [-0.4, -0.2) is 15.8 Å². The van der Waals surface area contributed by atoms with Gasteiger partial charge in [-0.25, -0.2) is 0 Å². The van der Waals surface area contributed by atoms with Crippen LogP contribution < -0.4 is 5.32 Å². The van der Waals surface area contributed by atoms with Gasteiger partial charge in [0.15, 0.2) is 0 Å². The third-order valence-electron chi connectivity index (χ3n) is 2.66. The molecule has 3 nitrogen and oxygen atoms in total. The molecular formula is C12H21N3. The Kier molecular flexibility index (Phi) is 4.56. The fraction of sp³-hybridized carbons (Fsp3) is 0.583. The summed E-state index contributed by atoms with van der Waals surface area (Å²) in [7, 11) is 0. The van der Waals surface area contributed by atoms with Crippen LogP contribution in [0.2, 0.25) is 0 Å². The summed E-state index contributed by atoms with van der Waals surface area (Å²) in [6.45, 7) is 11.0. The number of hydrogen-bond acceptors (Lipinski definition) is 2. The van der Waals surface area contributed by atoms with E-state index in [1.54, 1.807) is 0 Å². The minimum absolute atomic E-state index is 0.332. The SMILES string of the molecule is C=CC(C)NCc1ccn(C(C)CC)n1. The lowest BCUT2D eigenvalue weighted by Crippen LogP contribution is -2.23. The maximum atomic E-state index is 4.51. The lowest BCUT2D eigenvalue weighted by molar-refractivity contribution is 0.470. The van der Waals surface area contributed by atoms with Crippen LogP contribution >= 0.6 is 0 Å². The van der Waals surface area contributed by atoms with Gasteiger partial charge < -0.3 is 5.32 Å². The Morgan fingerprint density at radius 3 is 2.93 bits per heavy atom. The highest BCUT2D eigenvalue weighted by Crippen LogP contribution is 2.08. The van der Waals surface area contributed by atoms with E-state index < -0.39 is 0 Å². The fourth-order valence-corrected chi connectivity index (χ4v) is 1.25. The van der Waals surface area contributed by atoms with E-state index >= 15 is 0 Å². The highest BCUT2D eigenvalue weighted by molar-refractivity contribution is 5.00. The van der Waals surface area contributed by atoms with Crippen LogP contribution in [0.15, 0.2) is 24.9 Å². The lowest BCUT2D eigenvalue weighted by Gasteiger charge is -2.09. The van der Waals surface area contributed by atoms with Gasteiger partial charge in [-0.15, -0.1) is 6.58 Å². The van der Waals surface area contributed by atoms with Gasteiger partial charge in [-0.2, -0.15) is 5.10 Å². The van der Waals surface area contributed by atoms with Crippen LogP contribution in [0.3, 0.4) is 0 Å². The van der Waals surface area contributed by atoms with Crippen LogP contribution in [0.25, 0.3) is 0 Å². The molecule has 2 atom stereocenters. The molecule has 0 spiro atoms. The molecule has 0 aliphatic rings. The third kappa shape index (κ3) is 3.51. The van der Waals surface area contributed by atoms with E-state index in [-0.39, 0.29) is 0 Å². The van der Waals surface area contributed by atoms with Gasteiger partial charge in [0, 0.05) is 24.8 Å². The van der Waals surface area contributed by atoms with E-state index in [9.17, 15) is 0 Å². The van der Waals surface area contributed by atoms with E-state index in [1.807, 2.05) is 17.0 Å². The van der Waals surface area contributed by atoms with E-state index in [2.05, 4.69) is 43.8 Å². The molecule has 0 fully saturated rings. The fourth-order valence-electron chi connectivity index (χ4n) is 1.25. The Morgan fingerprint density at radius 2 is 2.33 bits per heavy atom. The molecule has 1 heterocycles. The number of rotatable bonds is 6. The Hall–Kier alpha value is -1.09. The first-order valence-electron chi connectivity index (χ1n) is 5.57. The van der Waals surface area contributed by atoms with Crippen molar-refractivity contribution < 1.29 is 0 Å². The lowest BCUT2D eigenvalue weighted by atomic mass is 10.3. The number of nitrogens with zero attached hydrogens (tertiary/aromatic N) is 2. The predicted molar refractivity (Wildman–Crippen MR) is 63.7 cm³/mol. The molecule has 0 saturated carbocycles. The number of hydrogen-bond donors (Lipinski definition) is 1. The van der Waals surface area contributed by atoms with Gasteiger partial charge in [-0.1, -0.05) is 13.0 Å². The van der Waals surface area contributed by atoms with Gasteiger partial charge in [0.1, 0.15) is 0 Å². The molecule has 0 aliphatic carbocycles. The Balaban J connectivity index is 2.49. The Bertz CT molecular complexity index is 304. The second-order valence-electron chi connectivity index (χ2n) is 3.95. The van der Waals surface area contributed by atoms with Crippen molar-refractivity contribution >= 4 is 0 Å².